The first-order valence-corrected chi connectivity index (χ1v) is 5.57. The van der Waals surface area contributed by atoms with Crippen molar-refractivity contribution in [2.75, 3.05) is 27.2 Å². The van der Waals surface area contributed by atoms with Crippen molar-refractivity contribution in [3.8, 4) is 5.75 Å². The van der Waals surface area contributed by atoms with Gasteiger partial charge >= 0.3 is 0 Å². The van der Waals surface area contributed by atoms with E-state index >= 15 is 0 Å². The van der Waals surface area contributed by atoms with Crippen LogP contribution in [0.4, 0.5) is 0 Å². The van der Waals surface area contributed by atoms with Gasteiger partial charge in [-0.25, -0.2) is 0 Å². The molecule has 0 aromatic heterocycles. The van der Waals surface area contributed by atoms with E-state index in [9.17, 15) is 5.11 Å². The van der Waals surface area contributed by atoms with Gasteiger partial charge in [0, 0.05) is 12.1 Å². The third-order valence-corrected chi connectivity index (χ3v) is 2.42. The summed E-state index contributed by atoms with van der Waals surface area (Å²) >= 11 is 0. The zero-order chi connectivity index (χ0) is 12.1. The molecule has 0 fully saturated rings. The van der Waals surface area contributed by atoms with Crippen LogP contribution in [-0.2, 0) is 0 Å². The van der Waals surface area contributed by atoms with Crippen LogP contribution in [-0.4, -0.2) is 37.3 Å². The van der Waals surface area contributed by atoms with Crippen LogP contribution in [0.3, 0.4) is 0 Å². The van der Waals surface area contributed by atoms with E-state index < -0.39 is 6.10 Å². The first-order chi connectivity index (χ1) is 7.50. The quantitative estimate of drug-likeness (QED) is 0.828. The van der Waals surface area contributed by atoms with Crippen LogP contribution < -0.4 is 4.74 Å². The highest BCUT2D eigenvalue weighted by atomic mass is 16.5. The Balaban J connectivity index is 2.72. The molecule has 0 amide bonds. The molecular weight excluding hydrogens is 202 g/mol. The fourth-order valence-corrected chi connectivity index (χ4v) is 1.45. The Labute approximate surface area is 97.7 Å². The van der Waals surface area contributed by atoms with Gasteiger partial charge < -0.3 is 14.7 Å². The van der Waals surface area contributed by atoms with Crippen LogP contribution in [0, 0.1) is 6.92 Å². The van der Waals surface area contributed by atoms with Gasteiger partial charge in [0.15, 0.2) is 0 Å². The zero-order valence-electron chi connectivity index (χ0n) is 10.5. The van der Waals surface area contributed by atoms with Crippen LogP contribution in [0.2, 0.25) is 0 Å². The second-order valence-electron chi connectivity index (χ2n) is 4.37. The van der Waals surface area contributed by atoms with Crippen LogP contribution >= 0.6 is 0 Å². The molecule has 1 N–H and O–H groups in total. The Kier molecular flexibility index (Phi) is 4.77. The molecule has 16 heavy (non-hydrogen) atoms. The highest BCUT2D eigenvalue weighted by Crippen LogP contribution is 2.26. The number of benzene rings is 1. The smallest absolute Gasteiger partial charge is 0.125 e. The lowest BCUT2D eigenvalue weighted by molar-refractivity contribution is 0.188. The molecule has 1 aromatic carbocycles. The van der Waals surface area contributed by atoms with Crippen molar-refractivity contribution in [2.24, 2.45) is 0 Å². The Bertz CT molecular complexity index is 335. The molecule has 1 atom stereocenters. The van der Waals surface area contributed by atoms with E-state index in [1.165, 1.54) is 0 Å². The van der Waals surface area contributed by atoms with Crippen LogP contribution in [0.25, 0.3) is 0 Å². The standard InChI is InChI=1S/C13H21NO2/c1-10-5-6-12(11(2)15)13(9-10)16-8-7-14(3)4/h5-6,9,11,15H,7-8H2,1-4H3/t11-/m1/s1. The predicted octanol–water partition coefficient (Wildman–Crippen LogP) is 1.99. The molecule has 0 saturated carbocycles. The molecule has 1 aromatic rings. The van der Waals surface area contributed by atoms with E-state index in [2.05, 4.69) is 4.90 Å². The van der Waals surface area contributed by atoms with Gasteiger partial charge in [-0.05, 0) is 39.6 Å². The number of aryl methyl sites for hydroxylation is 1. The predicted molar refractivity (Wildman–Crippen MR) is 65.9 cm³/mol. The third kappa shape index (κ3) is 3.83. The molecule has 1 rings (SSSR count). The van der Waals surface area contributed by atoms with Crippen molar-refractivity contribution < 1.29 is 9.84 Å². The van der Waals surface area contributed by atoms with E-state index in [0.29, 0.717) is 6.61 Å². The number of rotatable bonds is 5. The van der Waals surface area contributed by atoms with Gasteiger partial charge in [-0.2, -0.15) is 0 Å². The van der Waals surface area contributed by atoms with E-state index in [0.717, 1.165) is 23.4 Å². The molecule has 0 unspecified atom stereocenters. The normalized spacial score (nSPS) is 12.9. The van der Waals surface area contributed by atoms with Gasteiger partial charge in [-0.1, -0.05) is 12.1 Å². The van der Waals surface area contributed by atoms with Crippen LogP contribution in [0.15, 0.2) is 18.2 Å². The molecule has 3 nitrogen and oxygen atoms in total. The van der Waals surface area contributed by atoms with Crippen molar-refractivity contribution in [2.45, 2.75) is 20.0 Å². The van der Waals surface area contributed by atoms with Crippen molar-refractivity contribution in [1.29, 1.82) is 0 Å². The highest BCUT2D eigenvalue weighted by molar-refractivity contribution is 5.38. The molecule has 0 aliphatic carbocycles. The average Bonchev–Trinajstić information content (AvgIpc) is 2.16. The Hall–Kier alpha value is -1.06. The molecule has 0 heterocycles. The Morgan fingerprint density at radius 3 is 2.62 bits per heavy atom. The summed E-state index contributed by atoms with van der Waals surface area (Å²) in [5.74, 6) is 0.789. The van der Waals surface area contributed by atoms with Crippen LogP contribution in [0.5, 0.6) is 5.75 Å². The van der Waals surface area contributed by atoms with Crippen molar-refractivity contribution in [3.63, 3.8) is 0 Å². The molecule has 90 valence electrons. The molecular formula is C13H21NO2. The maximum absolute atomic E-state index is 9.61. The van der Waals surface area contributed by atoms with E-state index in [-0.39, 0.29) is 0 Å². The maximum atomic E-state index is 9.61. The second kappa shape index (κ2) is 5.87. The van der Waals surface area contributed by atoms with Gasteiger partial charge in [-0.3, -0.25) is 0 Å². The van der Waals surface area contributed by atoms with Crippen molar-refractivity contribution >= 4 is 0 Å². The van der Waals surface area contributed by atoms with E-state index in [1.807, 2.05) is 39.2 Å². The van der Waals surface area contributed by atoms with Crippen LogP contribution in [0.1, 0.15) is 24.2 Å². The molecule has 0 aliphatic rings. The lowest BCUT2D eigenvalue weighted by Crippen LogP contribution is -2.19. The van der Waals surface area contributed by atoms with Gasteiger partial charge in [0.05, 0.1) is 6.10 Å². The number of aliphatic hydroxyl groups is 1. The lowest BCUT2D eigenvalue weighted by atomic mass is 10.1. The number of nitrogens with zero attached hydrogens (tertiary/aromatic N) is 1. The highest BCUT2D eigenvalue weighted by Gasteiger charge is 2.09. The summed E-state index contributed by atoms with van der Waals surface area (Å²) in [5, 5.41) is 9.61. The number of hydrogen-bond donors (Lipinski definition) is 1. The summed E-state index contributed by atoms with van der Waals surface area (Å²) in [7, 11) is 4.02. The van der Waals surface area contributed by atoms with Crippen molar-refractivity contribution in [1.82, 2.24) is 4.90 Å². The summed E-state index contributed by atoms with van der Waals surface area (Å²) in [6.45, 7) is 5.28. The lowest BCUT2D eigenvalue weighted by Gasteiger charge is -2.16. The number of likely N-dealkylation sites (N-methyl/N-ethyl adjacent to an activating group) is 1. The molecule has 0 bridgehead atoms. The summed E-state index contributed by atoms with van der Waals surface area (Å²) in [6, 6.07) is 5.88. The molecule has 0 radical (unpaired) electrons. The molecule has 0 saturated heterocycles. The fourth-order valence-electron chi connectivity index (χ4n) is 1.45. The van der Waals surface area contributed by atoms with Gasteiger partial charge in [0.2, 0.25) is 0 Å². The monoisotopic (exact) mass is 223 g/mol. The van der Waals surface area contributed by atoms with Gasteiger partial charge in [-0.15, -0.1) is 0 Å². The van der Waals surface area contributed by atoms with Gasteiger partial charge in [0.1, 0.15) is 12.4 Å². The van der Waals surface area contributed by atoms with E-state index in [4.69, 9.17) is 4.74 Å². The van der Waals surface area contributed by atoms with Gasteiger partial charge in [0.25, 0.3) is 0 Å². The topological polar surface area (TPSA) is 32.7 Å². The van der Waals surface area contributed by atoms with Crippen molar-refractivity contribution in [3.05, 3.63) is 29.3 Å². The summed E-state index contributed by atoms with van der Waals surface area (Å²) in [6.07, 6.45) is -0.491. The minimum atomic E-state index is -0.491. The fraction of sp³-hybridized carbons (Fsp3) is 0.538. The number of ether oxygens (including phenoxy) is 1. The summed E-state index contributed by atoms with van der Waals surface area (Å²) in [4.78, 5) is 2.07. The largest absolute Gasteiger partial charge is 0.492 e. The Morgan fingerprint density at radius 2 is 2.06 bits per heavy atom. The first-order valence-electron chi connectivity index (χ1n) is 5.57. The molecule has 3 heteroatoms. The minimum Gasteiger partial charge on any atom is -0.492 e. The third-order valence-electron chi connectivity index (χ3n) is 2.42. The SMILES string of the molecule is Cc1ccc([C@@H](C)O)c(OCCN(C)C)c1. The number of hydrogen-bond acceptors (Lipinski definition) is 3. The molecule has 0 aliphatic heterocycles. The first kappa shape index (κ1) is 13.0. The maximum Gasteiger partial charge on any atom is 0.125 e. The minimum absolute atomic E-state index is 0.491. The van der Waals surface area contributed by atoms with E-state index in [1.54, 1.807) is 6.92 Å². The number of aliphatic hydroxyl groups excluding tert-OH is 1. The zero-order valence-corrected chi connectivity index (χ0v) is 10.5. The Morgan fingerprint density at radius 1 is 1.38 bits per heavy atom. The summed E-state index contributed by atoms with van der Waals surface area (Å²) < 4.78 is 5.69. The summed E-state index contributed by atoms with van der Waals surface area (Å²) in [5.41, 5.74) is 1.99. The second-order valence-corrected chi connectivity index (χ2v) is 4.37. The molecule has 0 spiro atoms. The average molecular weight is 223 g/mol.